The van der Waals surface area contributed by atoms with E-state index in [-0.39, 0.29) is 0 Å². The lowest BCUT2D eigenvalue weighted by atomic mass is 10.3. The molecule has 0 spiro atoms. The van der Waals surface area contributed by atoms with Crippen LogP contribution in [0.15, 0.2) is 59.3 Å². The van der Waals surface area contributed by atoms with Gasteiger partial charge in [-0.3, -0.25) is 0 Å². The molecule has 1 aromatic rings. The number of nitrogens with zero attached hydrogens (tertiary/aromatic N) is 4. The second kappa shape index (κ2) is 7.20. The van der Waals surface area contributed by atoms with Crippen molar-refractivity contribution in [1.29, 1.82) is 0 Å². The molecule has 1 rings (SSSR count). The van der Waals surface area contributed by atoms with E-state index in [1.165, 1.54) is 0 Å². The van der Waals surface area contributed by atoms with E-state index in [0.717, 1.165) is 11.4 Å². The van der Waals surface area contributed by atoms with Crippen LogP contribution in [0.4, 0.5) is 11.4 Å². The standard InChI is InChI=1S/C14H21N5/c1-12(19(5)11-10-15-2)16-17-13-6-8-14(9-7-13)18(3)4/h6-11,15H,1H2,2-5H3/b11-10-,17-16+. The Kier molecular flexibility index (Phi) is 5.60. The van der Waals surface area contributed by atoms with Crippen LogP contribution in [0, 0.1) is 0 Å². The van der Waals surface area contributed by atoms with Gasteiger partial charge in [-0.1, -0.05) is 6.58 Å². The molecule has 0 atom stereocenters. The average Bonchev–Trinajstić information content (AvgIpc) is 2.42. The van der Waals surface area contributed by atoms with E-state index in [9.17, 15) is 0 Å². The molecule has 0 amide bonds. The molecule has 0 fully saturated rings. The van der Waals surface area contributed by atoms with Crippen molar-refractivity contribution in [3.05, 3.63) is 49.1 Å². The van der Waals surface area contributed by atoms with Crippen LogP contribution in [0.1, 0.15) is 0 Å². The third kappa shape index (κ3) is 4.83. The molecule has 0 aromatic heterocycles. The zero-order valence-electron chi connectivity index (χ0n) is 12.0. The number of azo groups is 1. The fourth-order valence-corrected chi connectivity index (χ4v) is 1.28. The van der Waals surface area contributed by atoms with Crippen molar-refractivity contribution in [2.45, 2.75) is 0 Å². The van der Waals surface area contributed by atoms with Crippen LogP contribution in [0.3, 0.4) is 0 Å². The Hall–Kier alpha value is -2.30. The molecule has 5 heteroatoms. The number of hydrogen-bond acceptors (Lipinski definition) is 5. The second-order valence-electron chi connectivity index (χ2n) is 4.24. The molecule has 0 unspecified atom stereocenters. The first kappa shape index (κ1) is 14.8. The van der Waals surface area contributed by atoms with Gasteiger partial charge in [0.05, 0.1) is 5.69 Å². The van der Waals surface area contributed by atoms with Gasteiger partial charge in [-0.25, -0.2) is 0 Å². The smallest absolute Gasteiger partial charge is 0.147 e. The highest BCUT2D eigenvalue weighted by Gasteiger charge is 1.97. The number of anilines is 1. The lowest BCUT2D eigenvalue weighted by Crippen LogP contribution is -2.08. The Labute approximate surface area is 114 Å². The summed E-state index contributed by atoms with van der Waals surface area (Å²) in [7, 11) is 7.70. The van der Waals surface area contributed by atoms with Crippen LogP contribution >= 0.6 is 0 Å². The molecule has 1 aromatic carbocycles. The van der Waals surface area contributed by atoms with E-state index < -0.39 is 0 Å². The Balaban J connectivity index is 2.65. The predicted molar refractivity (Wildman–Crippen MR) is 80.4 cm³/mol. The highest BCUT2D eigenvalue weighted by Crippen LogP contribution is 2.19. The molecule has 19 heavy (non-hydrogen) atoms. The van der Waals surface area contributed by atoms with Crippen LogP contribution in [-0.2, 0) is 0 Å². The Bertz CT molecular complexity index is 459. The quantitative estimate of drug-likeness (QED) is 0.799. The average molecular weight is 259 g/mol. The molecular formula is C14H21N5. The minimum absolute atomic E-state index is 0.572. The number of rotatable bonds is 6. The zero-order chi connectivity index (χ0) is 14.3. The van der Waals surface area contributed by atoms with E-state index in [1.807, 2.05) is 63.6 Å². The van der Waals surface area contributed by atoms with E-state index in [0.29, 0.717) is 5.82 Å². The maximum absolute atomic E-state index is 4.15. The topological polar surface area (TPSA) is 43.2 Å². The number of benzene rings is 1. The van der Waals surface area contributed by atoms with Crippen LogP contribution in [0.5, 0.6) is 0 Å². The molecule has 0 aliphatic rings. The molecule has 0 radical (unpaired) electrons. The maximum Gasteiger partial charge on any atom is 0.147 e. The fraction of sp³-hybridized carbons (Fsp3) is 0.286. The Morgan fingerprint density at radius 2 is 1.84 bits per heavy atom. The predicted octanol–water partition coefficient (Wildman–Crippen LogP) is 2.93. The molecule has 1 N–H and O–H groups in total. The summed E-state index contributed by atoms with van der Waals surface area (Å²) in [6, 6.07) is 7.86. The minimum Gasteiger partial charge on any atom is -0.393 e. The highest BCUT2D eigenvalue weighted by molar-refractivity contribution is 5.51. The van der Waals surface area contributed by atoms with Crippen molar-refractivity contribution >= 4 is 11.4 Å². The summed E-state index contributed by atoms with van der Waals surface area (Å²) >= 11 is 0. The van der Waals surface area contributed by atoms with Crippen LogP contribution in [0.2, 0.25) is 0 Å². The molecule has 5 nitrogen and oxygen atoms in total. The first-order valence-corrected chi connectivity index (χ1v) is 5.99. The van der Waals surface area contributed by atoms with Gasteiger partial charge in [0.15, 0.2) is 0 Å². The summed E-state index contributed by atoms with van der Waals surface area (Å²) in [6.07, 6.45) is 3.63. The van der Waals surface area contributed by atoms with Gasteiger partial charge in [-0.2, -0.15) is 0 Å². The van der Waals surface area contributed by atoms with E-state index in [4.69, 9.17) is 0 Å². The molecule has 0 aliphatic carbocycles. The molecular weight excluding hydrogens is 238 g/mol. The lowest BCUT2D eigenvalue weighted by Gasteiger charge is -2.12. The molecule has 102 valence electrons. The molecule has 0 saturated heterocycles. The van der Waals surface area contributed by atoms with Gasteiger partial charge in [-0.05, 0) is 24.3 Å². The summed E-state index contributed by atoms with van der Waals surface area (Å²) in [4.78, 5) is 3.82. The van der Waals surface area contributed by atoms with E-state index in [1.54, 1.807) is 11.1 Å². The van der Waals surface area contributed by atoms with E-state index >= 15 is 0 Å². The second-order valence-corrected chi connectivity index (χ2v) is 4.24. The summed E-state index contributed by atoms with van der Waals surface area (Å²) in [5.74, 6) is 0.572. The first-order chi connectivity index (χ1) is 9.04. The number of nitrogens with one attached hydrogen (secondary N) is 1. The molecule has 0 heterocycles. The van der Waals surface area contributed by atoms with Gasteiger partial charge >= 0.3 is 0 Å². The summed E-state index contributed by atoms with van der Waals surface area (Å²) in [5.41, 5.74) is 1.93. The fourth-order valence-electron chi connectivity index (χ4n) is 1.28. The lowest BCUT2D eigenvalue weighted by molar-refractivity contribution is 0.553. The normalized spacial score (nSPS) is 10.9. The zero-order valence-corrected chi connectivity index (χ0v) is 12.0. The minimum atomic E-state index is 0.572. The Morgan fingerprint density at radius 1 is 1.21 bits per heavy atom. The van der Waals surface area contributed by atoms with Gasteiger partial charge in [0, 0.05) is 46.3 Å². The molecule has 0 aliphatic heterocycles. The van der Waals surface area contributed by atoms with Crippen molar-refractivity contribution in [2.24, 2.45) is 10.2 Å². The SMILES string of the molecule is C=C(/N=N/c1ccc(N(C)C)cc1)N(C)/C=C\NC. The van der Waals surface area contributed by atoms with Crippen molar-refractivity contribution in [3.63, 3.8) is 0 Å². The van der Waals surface area contributed by atoms with Gasteiger partial charge in [0.2, 0.25) is 0 Å². The summed E-state index contributed by atoms with van der Waals surface area (Å²) in [5, 5.41) is 11.1. The number of hydrogen-bond donors (Lipinski definition) is 1. The Morgan fingerprint density at radius 3 is 2.37 bits per heavy atom. The third-order valence-corrected chi connectivity index (χ3v) is 2.52. The maximum atomic E-state index is 4.15. The van der Waals surface area contributed by atoms with Crippen LogP contribution in [-0.4, -0.2) is 33.1 Å². The highest BCUT2D eigenvalue weighted by atomic mass is 15.3. The van der Waals surface area contributed by atoms with Gasteiger partial charge < -0.3 is 15.1 Å². The van der Waals surface area contributed by atoms with Crippen molar-refractivity contribution in [3.8, 4) is 0 Å². The molecule has 0 bridgehead atoms. The monoisotopic (exact) mass is 259 g/mol. The largest absolute Gasteiger partial charge is 0.393 e. The van der Waals surface area contributed by atoms with E-state index in [2.05, 4.69) is 22.1 Å². The first-order valence-electron chi connectivity index (χ1n) is 5.99. The van der Waals surface area contributed by atoms with Crippen molar-refractivity contribution in [1.82, 2.24) is 10.2 Å². The summed E-state index contributed by atoms with van der Waals surface area (Å²) in [6.45, 7) is 3.85. The van der Waals surface area contributed by atoms with Crippen LogP contribution in [0.25, 0.3) is 0 Å². The molecule has 0 saturated carbocycles. The third-order valence-electron chi connectivity index (χ3n) is 2.52. The van der Waals surface area contributed by atoms with Gasteiger partial charge in [0.1, 0.15) is 5.82 Å². The summed E-state index contributed by atoms with van der Waals surface area (Å²) < 4.78 is 0. The van der Waals surface area contributed by atoms with Gasteiger partial charge in [0.25, 0.3) is 0 Å². The van der Waals surface area contributed by atoms with Gasteiger partial charge in [-0.15, -0.1) is 10.2 Å². The van der Waals surface area contributed by atoms with Crippen LogP contribution < -0.4 is 10.2 Å². The van der Waals surface area contributed by atoms with Crippen molar-refractivity contribution in [2.75, 3.05) is 33.1 Å². The van der Waals surface area contributed by atoms with Crippen molar-refractivity contribution < 1.29 is 0 Å².